The van der Waals surface area contributed by atoms with Crippen molar-refractivity contribution in [2.24, 2.45) is 0 Å². The van der Waals surface area contributed by atoms with Crippen molar-refractivity contribution in [2.45, 2.75) is 11.7 Å². The molecular weight excluding hydrogens is 263 g/mol. The average Bonchev–Trinajstić information content (AvgIpc) is 2.38. The quantitative estimate of drug-likeness (QED) is 0.861. The minimum absolute atomic E-state index is 0.179. The third-order valence-corrected chi connectivity index (χ3v) is 3.05. The highest BCUT2D eigenvalue weighted by atomic mass is 19.4. The van der Waals surface area contributed by atoms with Crippen LogP contribution in [0.25, 0.3) is 0 Å². The van der Waals surface area contributed by atoms with Crippen molar-refractivity contribution in [3.8, 4) is 0 Å². The molecule has 0 amide bonds. The highest BCUT2D eigenvalue weighted by Gasteiger charge is 2.47. The molecule has 0 saturated carbocycles. The van der Waals surface area contributed by atoms with Gasteiger partial charge in [-0.2, -0.15) is 13.2 Å². The van der Waals surface area contributed by atoms with Crippen LogP contribution in [0.3, 0.4) is 0 Å². The van der Waals surface area contributed by atoms with Gasteiger partial charge in [-0.3, -0.25) is 5.32 Å². The van der Waals surface area contributed by atoms with Crippen molar-refractivity contribution in [1.29, 1.82) is 0 Å². The van der Waals surface area contributed by atoms with Crippen molar-refractivity contribution in [1.82, 2.24) is 5.32 Å². The van der Waals surface area contributed by atoms with E-state index in [1.165, 1.54) is 18.2 Å². The van der Waals surface area contributed by atoms with Crippen LogP contribution in [-0.2, 0) is 21.2 Å². The van der Waals surface area contributed by atoms with E-state index in [1.807, 2.05) is 0 Å². The van der Waals surface area contributed by atoms with E-state index in [9.17, 15) is 23.1 Å². The van der Waals surface area contributed by atoms with Crippen LogP contribution in [0.15, 0.2) is 24.3 Å². The molecule has 19 heavy (non-hydrogen) atoms. The van der Waals surface area contributed by atoms with Gasteiger partial charge in [0, 0.05) is 6.54 Å². The number of carboxylic acids is 1. The number of carbonyl (C=O) groups is 1. The van der Waals surface area contributed by atoms with E-state index in [-0.39, 0.29) is 25.3 Å². The molecule has 1 aliphatic rings. The molecule has 4 nitrogen and oxygen atoms in total. The molecule has 0 spiro atoms. The Balaban J connectivity index is 2.58. The molecule has 1 fully saturated rings. The lowest BCUT2D eigenvalue weighted by atomic mass is 9.86. The summed E-state index contributed by atoms with van der Waals surface area (Å²) in [7, 11) is 0. The Morgan fingerprint density at radius 1 is 1.37 bits per heavy atom. The lowest BCUT2D eigenvalue weighted by molar-refractivity contribution is -0.153. The maximum Gasteiger partial charge on any atom is 0.416 e. The number of alkyl halides is 3. The zero-order chi connectivity index (χ0) is 14.1. The van der Waals surface area contributed by atoms with Crippen LogP contribution in [0.4, 0.5) is 13.2 Å². The summed E-state index contributed by atoms with van der Waals surface area (Å²) in [4.78, 5) is 11.4. The van der Waals surface area contributed by atoms with Gasteiger partial charge in [0.05, 0.1) is 18.8 Å². The first-order valence-corrected chi connectivity index (χ1v) is 5.61. The fourth-order valence-electron chi connectivity index (χ4n) is 2.14. The smallest absolute Gasteiger partial charge is 0.416 e. The van der Waals surface area contributed by atoms with Crippen LogP contribution in [0, 0.1) is 0 Å². The number of ether oxygens (including phenoxy) is 1. The molecule has 1 aromatic rings. The average molecular weight is 275 g/mol. The van der Waals surface area contributed by atoms with Gasteiger partial charge in [-0.15, -0.1) is 0 Å². The number of benzene rings is 1. The van der Waals surface area contributed by atoms with E-state index in [0.717, 1.165) is 6.07 Å². The Morgan fingerprint density at radius 2 is 2.05 bits per heavy atom. The van der Waals surface area contributed by atoms with Gasteiger partial charge in [0.15, 0.2) is 5.54 Å². The molecule has 0 aromatic heterocycles. The molecule has 0 radical (unpaired) electrons. The molecule has 0 aliphatic carbocycles. The van der Waals surface area contributed by atoms with E-state index in [0.29, 0.717) is 0 Å². The van der Waals surface area contributed by atoms with Gasteiger partial charge in [0.1, 0.15) is 0 Å². The SMILES string of the molecule is O=C(O)C1(c2ccccc2C(F)(F)F)COCCN1. The second kappa shape index (κ2) is 4.82. The molecule has 1 saturated heterocycles. The fourth-order valence-corrected chi connectivity index (χ4v) is 2.14. The highest BCUT2D eigenvalue weighted by Crippen LogP contribution is 2.37. The van der Waals surface area contributed by atoms with E-state index >= 15 is 0 Å². The molecule has 1 unspecified atom stereocenters. The van der Waals surface area contributed by atoms with Gasteiger partial charge in [0.25, 0.3) is 0 Å². The van der Waals surface area contributed by atoms with Crippen molar-refractivity contribution < 1.29 is 27.8 Å². The molecule has 1 aromatic carbocycles. The summed E-state index contributed by atoms with van der Waals surface area (Å²) >= 11 is 0. The molecule has 2 N–H and O–H groups in total. The summed E-state index contributed by atoms with van der Waals surface area (Å²) in [5.74, 6) is -1.39. The lowest BCUT2D eigenvalue weighted by Gasteiger charge is -2.36. The summed E-state index contributed by atoms with van der Waals surface area (Å²) in [6.45, 7) is 0.108. The largest absolute Gasteiger partial charge is 0.480 e. The number of aliphatic carboxylic acids is 1. The summed E-state index contributed by atoms with van der Waals surface area (Å²) in [5, 5.41) is 12.0. The van der Waals surface area contributed by atoms with E-state index in [2.05, 4.69) is 5.32 Å². The van der Waals surface area contributed by atoms with Crippen molar-refractivity contribution in [3.63, 3.8) is 0 Å². The van der Waals surface area contributed by atoms with Crippen LogP contribution in [0.2, 0.25) is 0 Å². The van der Waals surface area contributed by atoms with Gasteiger partial charge < -0.3 is 9.84 Å². The number of carboxylic acid groups (broad SMARTS) is 1. The normalized spacial score (nSPS) is 24.2. The topological polar surface area (TPSA) is 58.6 Å². The number of hydrogen-bond donors (Lipinski definition) is 2. The van der Waals surface area contributed by atoms with Gasteiger partial charge in [-0.05, 0) is 11.6 Å². The minimum atomic E-state index is -4.61. The predicted molar refractivity (Wildman–Crippen MR) is 59.6 cm³/mol. The summed E-state index contributed by atoms with van der Waals surface area (Å²) in [5.41, 5.74) is -3.14. The molecule has 1 heterocycles. The van der Waals surface area contributed by atoms with Crippen molar-refractivity contribution in [3.05, 3.63) is 35.4 Å². The first-order chi connectivity index (χ1) is 8.88. The van der Waals surface area contributed by atoms with Crippen LogP contribution in [-0.4, -0.2) is 30.8 Å². The van der Waals surface area contributed by atoms with Gasteiger partial charge in [-0.1, -0.05) is 18.2 Å². The molecule has 1 atom stereocenters. The summed E-state index contributed by atoms with van der Waals surface area (Å²) in [6.07, 6.45) is -4.61. The number of nitrogens with one attached hydrogen (secondary N) is 1. The van der Waals surface area contributed by atoms with E-state index in [4.69, 9.17) is 4.74 Å². The number of halogens is 3. The maximum absolute atomic E-state index is 13.0. The number of morpholine rings is 1. The van der Waals surface area contributed by atoms with E-state index < -0.39 is 23.2 Å². The number of rotatable bonds is 2. The van der Waals surface area contributed by atoms with Crippen LogP contribution >= 0.6 is 0 Å². The molecular formula is C12H12F3NO3. The summed E-state index contributed by atoms with van der Waals surface area (Å²) < 4.78 is 44.0. The third kappa shape index (κ3) is 2.43. The molecule has 104 valence electrons. The summed E-state index contributed by atoms with van der Waals surface area (Å²) in [6, 6.07) is 4.64. The fraction of sp³-hybridized carbons (Fsp3) is 0.417. The van der Waals surface area contributed by atoms with Gasteiger partial charge >= 0.3 is 12.1 Å². The maximum atomic E-state index is 13.0. The highest BCUT2D eigenvalue weighted by molar-refractivity contribution is 5.82. The zero-order valence-electron chi connectivity index (χ0n) is 9.83. The molecule has 2 rings (SSSR count). The molecule has 1 aliphatic heterocycles. The molecule has 0 bridgehead atoms. The second-order valence-electron chi connectivity index (χ2n) is 4.23. The minimum Gasteiger partial charge on any atom is -0.480 e. The Labute approximate surface area is 107 Å². The molecule has 7 heteroatoms. The lowest BCUT2D eigenvalue weighted by Crippen LogP contribution is -2.57. The Morgan fingerprint density at radius 3 is 2.58 bits per heavy atom. The monoisotopic (exact) mass is 275 g/mol. The first kappa shape index (κ1) is 13.8. The second-order valence-corrected chi connectivity index (χ2v) is 4.23. The van der Waals surface area contributed by atoms with Crippen LogP contribution in [0.1, 0.15) is 11.1 Å². The van der Waals surface area contributed by atoms with Crippen molar-refractivity contribution in [2.75, 3.05) is 19.8 Å². The van der Waals surface area contributed by atoms with Gasteiger partial charge in [0.2, 0.25) is 0 Å². The Bertz CT molecular complexity index is 481. The van der Waals surface area contributed by atoms with E-state index in [1.54, 1.807) is 0 Å². The van der Waals surface area contributed by atoms with Crippen LogP contribution in [0.5, 0.6) is 0 Å². The first-order valence-electron chi connectivity index (χ1n) is 5.61. The van der Waals surface area contributed by atoms with Crippen molar-refractivity contribution >= 4 is 5.97 Å². The third-order valence-electron chi connectivity index (χ3n) is 3.05. The zero-order valence-corrected chi connectivity index (χ0v) is 9.83. The number of hydrogen-bond acceptors (Lipinski definition) is 3. The van der Waals surface area contributed by atoms with Gasteiger partial charge in [-0.25, -0.2) is 4.79 Å². The Hall–Kier alpha value is -1.60. The van der Waals surface area contributed by atoms with Crippen LogP contribution < -0.4 is 5.32 Å². The predicted octanol–water partition coefficient (Wildman–Crippen LogP) is 1.61. The standard InChI is InChI=1S/C12H12F3NO3/c13-12(14,15)9-4-2-1-3-8(9)11(10(17)18)7-19-6-5-16-11/h1-4,16H,5-7H2,(H,17,18). The Kier molecular flexibility index (Phi) is 3.51.